The summed E-state index contributed by atoms with van der Waals surface area (Å²) in [7, 11) is 0.341. The number of sulfonamides is 1. The number of nitrogens with zero attached hydrogens (tertiary/aromatic N) is 3. The first-order valence-corrected chi connectivity index (χ1v) is 10.3. The number of amides is 1. The zero-order chi connectivity index (χ0) is 20.0. The quantitative estimate of drug-likeness (QED) is 0.696. The Morgan fingerprint density at radius 2 is 1.70 bits per heavy atom. The van der Waals surface area contributed by atoms with E-state index in [9.17, 15) is 13.2 Å². The third kappa shape index (κ3) is 5.27. The molecule has 0 unspecified atom stereocenters. The topological polar surface area (TPSA) is 73.6 Å². The van der Waals surface area contributed by atoms with Crippen LogP contribution in [0.25, 0.3) is 0 Å². The van der Waals surface area contributed by atoms with Gasteiger partial charge in [0.25, 0.3) is 5.91 Å². The van der Waals surface area contributed by atoms with Crippen molar-refractivity contribution in [2.75, 3.05) is 37.4 Å². The van der Waals surface area contributed by atoms with Crippen LogP contribution in [0.1, 0.15) is 13.8 Å². The lowest BCUT2D eigenvalue weighted by Gasteiger charge is -2.18. The second kappa shape index (κ2) is 8.96. The van der Waals surface area contributed by atoms with E-state index < -0.39 is 10.0 Å². The fraction of sp³-hybridized carbons (Fsp3) is 0.368. The molecular formula is C19H27N4O3S+. The normalized spacial score (nSPS) is 11.4. The molecule has 0 saturated heterocycles. The highest BCUT2D eigenvalue weighted by atomic mass is 32.2. The molecule has 146 valence electrons. The van der Waals surface area contributed by atoms with Gasteiger partial charge in [0.2, 0.25) is 16.6 Å². The van der Waals surface area contributed by atoms with Crippen molar-refractivity contribution in [2.45, 2.75) is 25.3 Å². The molecule has 0 fully saturated rings. The van der Waals surface area contributed by atoms with E-state index in [-0.39, 0.29) is 17.3 Å². The minimum atomic E-state index is -3.56. The number of carbonyl (C=O) groups excluding carboxylic acids is 1. The van der Waals surface area contributed by atoms with Crippen LogP contribution in [0, 0.1) is 0 Å². The zero-order valence-electron chi connectivity index (χ0n) is 16.2. The second-order valence-electron chi connectivity index (χ2n) is 6.29. The van der Waals surface area contributed by atoms with Gasteiger partial charge in [-0.3, -0.25) is 4.79 Å². The van der Waals surface area contributed by atoms with Gasteiger partial charge in [-0.05, 0) is 18.2 Å². The molecule has 0 spiro atoms. The highest BCUT2D eigenvalue weighted by Crippen LogP contribution is 2.19. The van der Waals surface area contributed by atoms with Crippen LogP contribution in [0.2, 0.25) is 0 Å². The highest BCUT2D eigenvalue weighted by molar-refractivity contribution is 7.89. The van der Waals surface area contributed by atoms with Crippen LogP contribution in [0.5, 0.6) is 0 Å². The summed E-state index contributed by atoms with van der Waals surface area (Å²) in [5.74, 6) is -0.227. The number of hydrogen-bond acceptors (Lipinski definition) is 4. The largest absolute Gasteiger partial charge is 0.377 e. The Morgan fingerprint density at radius 1 is 1.07 bits per heavy atom. The molecule has 1 aromatic heterocycles. The number of carbonyl (C=O) groups is 1. The Kier molecular flexibility index (Phi) is 6.92. The summed E-state index contributed by atoms with van der Waals surface area (Å²) in [4.78, 5) is 14.5. The first-order valence-electron chi connectivity index (χ1n) is 8.84. The van der Waals surface area contributed by atoms with Crippen molar-refractivity contribution in [2.24, 2.45) is 0 Å². The van der Waals surface area contributed by atoms with Gasteiger partial charge in [0.15, 0.2) is 12.4 Å². The molecule has 1 N–H and O–H groups in total. The van der Waals surface area contributed by atoms with Crippen molar-refractivity contribution >= 4 is 27.3 Å². The number of hydrogen-bond donors (Lipinski definition) is 1. The molecule has 0 aliphatic carbocycles. The van der Waals surface area contributed by atoms with Gasteiger partial charge >= 0.3 is 0 Å². The lowest BCUT2D eigenvalue weighted by molar-refractivity contribution is -0.684. The molecule has 1 heterocycles. The lowest BCUT2D eigenvalue weighted by atomic mass is 10.3. The average Bonchev–Trinajstić information content (AvgIpc) is 2.63. The summed E-state index contributed by atoms with van der Waals surface area (Å²) >= 11 is 0. The van der Waals surface area contributed by atoms with Crippen LogP contribution in [-0.4, -0.2) is 45.8 Å². The van der Waals surface area contributed by atoms with Gasteiger partial charge in [-0.15, -0.1) is 0 Å². The summed E-state index contributed by atoms with van der Waals surface area (Å²) < 4.78 is 28.4. The number of benzene rings is 1. The van der Waals surface area contributed by atoms with Crippen LogP contribution >= 0.6 is 0 Å². The van der Waals surface area contributed by atoms with Crippen molar-refractivity contribution < 1.29 is 17.8 Å². The summed E-state index contributed by atoms with van der Waals surface area (Å²) in [6, 6.07) is 10.2. The van der Waals surface area contributed by atoms with Crippen LogP contribution in [0.3, 0.4) is 0 Å². The van der Waals surface area contributed by atoms with Crippen LogP contribution < -0.4 is 14.8 Å². The lowest BCUT2D eigenvalue weighted by Crippen LogP contribution is -2.39. The Labute approximate surface area is 161 Å². The predicted octanol–water partition coefficient (Wildman–Crippen LogP) is 1.71. The molecule has 1 aromatic carbocycles. The SMILES string of the molecule is CCN(CC)S(=O)(=O)c1cccc(NC(=O)C[n+]2ccc(N(C)C)cc2)c1. The monoisotopic (exact) mass is 391 g/mol. The highest BCUT2D eigenvalue weighted by Gasteiger charge is 2.22. The van der Waals surface area contributed by atoms with Crippen molar-refractivity contribution in [1.82, 2.24) is 4.31 Å². The third-order valence-corrected chi connectivity index (χ3v) is 6.22. The van der Waals surface area contributed by atoms with E-state index in [1.807, 2.05) is 43.5 Å². The van der Waals surface area contributed by atoms with E-state index in [2.05, 4.69) is 5.32 Å². The molecule has 0 bridgehead atoms. The van der Waals surface area contributed by atoms with Gasteiger partial charge < -0.3 is 10.2 Å². The van der Waals surface area contributed by atoms with Gasteiger partial charge in [-0.1, -0.05) is 19.9 Å². The Morgan fingerprint density at radius 3 is 2.26 bits per heavy atom. The summed E-state index contributed by atoms with van der Waals surface area (Å²) in [5, 5.41) is 2.76. The van der Waals surface area contributed by atoms with Gasteiger partial charge in [-0.25, -0.2) is 8.42 Å². The van der Waals surface area contributed by atoms with Gasteiger partial charge in [0.1, 0.15) is 0 Å². The second-order valence-corrected chi connectivity index (χ2v) is 8.23. The maximum absolute atomic E-state index is 12.6. The number of aromatic nitrogens is 1. The smallest absolute Gasteiger partial charge is 0.290 e. The molecule has 1 amide bonds. The van der Waals surface area contributed by atoms with Crippen molar-refractivity contribution in [1.29, 1.82) is 0 Å². The summed E-state index contributed by atoms with van der Waals surface area (Å²) in [5.41, 5.74) is 1.50. The van der Waals surface area contributed by atoms with Crippen LogP contribution in [-0.2, 0) is 21.4 Å². The molecule has 0 aliphatic heterocycles. The molecular weight excluding hydrogens is 364 g/mol. The maximum atomic E-state index is 12.6. The standard InChI is InChI=1S/C19H26N4O3S/c1-5-23(6-2)27(25,26)18-9-7-8-16(14-18)20-19(24)15-22-12-10-17(11-13-22)21(3)4/h7-14H,5-6,15H2,1-4H3/p+1. The fourth-order valence-electron chi connectivity index (χ4n) is 2.67. The molecule has 0 radical (unpaired) electrons. The van der Waals surface area contributed by atoms with E-state index in [0.29, 0.717) is 18.8 Å². The van der Waals surface area contributed by atoms with Crippen LogP contribution in [0.4, 0.5) is 11.4 Å². The molecule has 27 heavy (non-hydrogen) atoms. The third-order valence-electron chi connectivity index (χ3n) is 4.18. The van der Waals surface area contributed by atoms with Gasteiger partial charge in [-0.2, -0.15) is 8.87 Å². The Bertz CT molecular complexity index is 876. The molecule has 0 atom stereocenters. The first-order chi connectivity index (χ1) is 12.8. The van der Waals surface area contributed by atoms with Crippen molar-refractivity contribution in [3.8, 4) is 0 Å². The minimum absolute atomic E-state index is 0.140. The predicted molar refractivity (Wildman–Crippen MR) is 106 cm³/mol. The molecule has 2 rings (SSSR count). The van der Waals surface area contributed by atoms with E-state index in [1.165, 1.54) is 16.4 Å². The zero-order valence-corrected chi connectivity index (χ0v) is 17.0. The Balaban J connectivity index is 2.10. The van der Waals surface area contributed by atoms with E-state index in [1.54, 1.807) is 30.5 Å². The van der Waals surface area contributed by atoms with E-state index in [0.717, 1.165) is 5.69 Å². The molecule has 8 heteroatoms. The number of rotatable bonds is 8. The molecule has 7 nitrogen and oxygen atoms in total. The van der Waals surface area contributed by atoms with E-state index in [4.69, 9.17) is 0 Å². The Hall–Kier alpha value is -2.45. The maximum Gasteiger partial charge on any atom is 0.290 e. The summed E-state index contributed by atoms with van der Waals surface area (Å²) in [6.07, 6.45) is 3.66. The summed E-state index contributed by atoms with van der Waals surface area (Å²) in [6.45, 7) is 4.53. The van der Waals surface area contributed by atoms with E-state index >= 15 is 0 Å². The van der Waals surface area contributed by atoms with Crippen molar-refractivity contribution in [3.63, 3.8) is 0 Å². The molecule has 0 aliphatic rings. The molecule has 2 aromatic rings. The average molecular weight is 392 g/mol. The minimum Gasteiger partial charge on any atom is -0.377 e. The first kappa shape index (κ1) is 20.9. The van der Waals surface area contributed by atoms with Crippen LogP contribution in [0.15, 0.2) is 53.7 Å². The fourth-order valence-corrected chi connectivity index (χ4v) is 4.17. The van der Waals surface area contributed by atoms with Crippen molar-refractivity contribution in [3.05, 3.63) is 48.8 Å². The van der Waals surface area contributed by atoms with Gasteiger partial charge in [0.05, 0.1) is 4.90 Å². The van der Waals surface area contributed by atoms with Gasteiger partial charge in [0, 0.05) is 50.7 Å². The number of nitrogens with one attached hydrogen (secondary N) is 1. The number of pyridine rings is 1. The number of anilines is 2. The molecule has 0 saturated carbocycles.